The third-order valence-electron chi connectivity index (χ3n) is 2.02. The molecule has 1 aromatic rings. The van der Waals surface area contributed by atoms with Crippen molar-refractivity contribution >= 4 is 0 Å². The van der Waals surface area contributed by atoms with Crippen LogP contribution in [0, 0.1) is 18.8 Å². The highest BCUT2D eigenvalue weighted by Crippen LogP contribution is 2.11. The summed E-state index contributed by atoms with van der Waals surface area (Å²) in [6, 6.07) is 8.27. The molecular formula is C12H12O. The summed E-state index contributed by atoms with van der Waals surface area (Å²) in [6.45, 7) is 2.97. The van der Waals surface area contributed by atoms with Gasteiger partial charge in [-0.25, -0.2) is 0 Å². The van der Waals surface area contributed by atoms with E-state index in [9.17, 15) is 0 Å². The van der Waals surface area contributed by atoms with Gasteiger partial charge in [-0.05, 0) is 19.1 Å². The van der Waals surface area contributed by atoms with Crippen molar-refractivity contribution in [1.82, 2.24) is 0 Å². The fourth-order valence-electron chi connectivity index (χ4n) is 1.09. The van der Waals surface area contributed by atoms with E-state index in [0.29, 0.717) is 6.10 Å². The molecule has 1 nitrogen and oxygen atoms in total. The highest BCUT2D eigenvalue weighted by Gasteiger charge is 2.20. The SMILES string of the molecule is Cc1ccc(C#CCC2CO2)cc1. The van der Waals surface area contributed by atoms with E-state index in [-0.39, 0.29) is 0 Å². The summed E-state index contributed by atoms with van der Waals surface area (Å²) in [5.41, 5.74) is 2.36. The van der Waals surface area contributed by atoms with Crippen LogP contribution in [-0.2, 0) is 4.74 Å². The van der Waals surface area contributed by atoms with Crippen molar-refractivity contribution < 1.29 is 4.74 Å². The topological polar surface area (TPSA) is 12.5 Å². The molecule has 1 saturated heterocycles. The largest absolute Gasteiger partial charge is 0.372 e. The van der Waals surface area contributed by atoms with Crippen LogP contribution in [0.25, 0.3) is 0 Å². The number of ether oxygens (including phenoxy) is 1. The lowest BCUT2D eigenvalue weighted by Crippen LogP contribution is -1.80. The van der Waals surface area contributed by atoms with Crippen LogP contribution >= 0.6 is 0 Å². The fourth-order valence-corrected chi connectivity index (χ4v) is 1.09. The standard InChI is InChI=1S/C12H12O/c1-10-5-7-11(8-6-10)3-2-4-12-9-13-12/h5-8,12H,4,9H2,1H3. The molecule has 13 heavy (non-hydrogen) atoms. The van der Waals surface area contributed by atoms with Gasteiger partial charge in [0.25, 0.3) is 0 Å². The number of benzene rings is 1. The van der Waals surface area contributed by atoms with Crippen molar-refractivity contribution in [2.45, 2.75) is 19.4 Å². The Morgan fingerprint density at radius 1 is 1.38 bits per heavy atom. The van der Waals surface area contributed by atoms with Crippen LogP contribution in [0.3, 0.4) is 0 Å². The van der Waals surface area contributed by atoms with Gasteiger partial charge in [-0.15, -0.1) is 0 Å². The van der Waals surface area contributed by atoms with E-state index in [1.54, 1.807) is 0 Å². The molecule has 0 aliphatic carbocycles. The summed E-state index contributed by atoms with van der Waals surface area (Å²) in [5.74, 6) is 6.22. The molecule has 1 fully saturated rings. The zero-order valence-corrected chi connectivity index (χ0v) is 7.71. The molecule has 1 heterocycles. The second kappa shape index (κ2) is 3.64. The number of aryl methyl sites for hydroxylation is 1. The Balaban J connectivity index is 1.98. The summed E-state index contributed by atoms with van der Waals surface area (Å²) in [6.07, 6.45) is 1.28. The van der Waals surface area contributed by atoms with Gasteiger partial charge < -0.3 is 4.74 Å². The normalized spacial score (nSPS) is 19.0. The molecule has 1 atom stereocenters. The predicted octanol–water partition coefficient (Wildman–Crippen LogP) is 2.14. The van der Waals surface area contributed by atoms with Crippen LogP contribution in [0.2, 0.25) is 0 Å². The van der Waals surface area contributed by atoms with Gasteiger partial charge in [0.1, 0.15) is 0 Å². The molecule has 1 aromatic carbocycles. The molecule has 0 radical (unpaired) electrons. The number of epoxide rings is 1. The van der Waals surface area contributed by atoms with Crippen LogP contribution < -0.4 is 0 Å². The second-order valence-corrected chi connectivity index (χ2v) is 3.33. The van der Waals surface area contributed by atoms with Crippen molar-refractivity contribution in [1.29, 1.82) is 0 Å². The Labute approximate surface area is 78.7 Å². The first kappa shape index (κ1) is 8.34. The van der Waals surface area contributed by atoms with E-state index < -0.39 is 0 Å². The lowest BCUT2D eigenvalue weighted by Gasteiger charge is -1.90. The molecule has 1 aliphatic heterocycles. The first-order chi connectivity index (χ1) is 6.34. The molecular weight excluding hydrogens is 160 g/mol. The Kier molecular flexibility index (Phi) is 2.33. The maximum Gasteiger partial charge on any atom is 0.0918 e. The third kappa shape index (κ3) is 2.61. The number of hydrogen-bond acceptors (Lipinski definition) is 1. The van der Waals surface area contributed by atoms with Crippen molar-refractivity contribution in [2.24, 2.45) is 0 Å². The predicted molar refractivity (Wildman–Crippen MR) is 52.4 cm³/mol. The zero-order chi connectivity index (χ0) is 9.10. The van der Waals surface area contributed by atoms with Gasteiger partial charge in [-0.2, -0.15) is 0 Å². The van der Waals surface area contributed by atoms with E-state index in [0.717, 1.165) is 18.6 Å². The Bertz CT molecular complexity index is 336. The molecule has 0 spiro atoms. The smallest absolute Gasteiger partial charge is 0.0918 e. The third-order valence-corrected chi connectivity index (χ3v) is 2.02. The molecule has 0 bridgehead atoms. The summed E-state index contributed by atoms with van der Waals surface area (Å²) < 4.78 is 5.06. The van der Waals surface area contributed by atoms with E-state index in [1.165, 1.54) is 5.56 Å². The molecule has 0 aromatic heterocycles. The lowest BCUT2D eigenvalue weighted by atomic mass is 10.1. The summed E-state index contributed by atoms with van der Waals surface area (Å²) in [4.78, 5) is 0. The van der Waals surface area contributed by atoms with Crippen molar-refractivity contribution in [2.75, 3.05) is 6.61 Å². The van der Waals surface area contributed by atoms with Crippen molar-refractivity contribution in [3.8, 4) is 11.8 Å². The van der Waals surface area contributed by atoms with E-state index in [2.05, 4.69) is 43.0 Å². The van der Waals surface area contributed by atoms with Crippen LogP contribution in [0.4, 0.5) is 0 Å². The molecule has 66 valence electrons. The summed E-state index contributed by atoms with van der Waals surface area (Å²) in [7, 11) is 0. The zero-order valence-electron chi connectivity index (χ0n) is 7.71. The van der Waals surface area contributed by atoms with Gasteiger partial charge in [0.05, 0.1) is 12.7 Å². The minimum absolute atomic E-state index is 0.415. The Morgan fingerprint density at radius 2 is 2.08 bits per heavy atom. The molecule has 1 unspecified atom stereocenters. The van der Waals surface area contributed by atoms with Crippen molar-refractivity contribution in [3.05, 3.63) is 35.4 Å². The number of hydrogen-bond donors (Lipinski definition) is 0. The van der Waals surface area contributed by atoms with Gasteiger partial charge in [0.15, 0.2) is 0 Å². The molecule has 2 rings (SSSR count). The van der Waals surface area contributed by atoms with Crippen LogP contribution in [0.5, 0.6) is 0 Å². The highest BCUT2D eigenvalue weighted by atomic mass is 16.6. The van der Waals surface area contributed by atoms with Gasteiger partial charge in [0, 0.05) is 12.0 Å². The van der Waals surface area contributed by atoms with Crippen LogP contribution in [0.1, 0.15) is 17.5 Å². The summed E-state index contributed by atoms with van der Waals surface area (Å²) >= 11 is 0. The maximum atomic E-state index is 5.06. The minimum atomic E-state index is 0.415. The monoisotopic (exact) mass is 172 g/mol. The Hall–Kier alpha value is -1.26. The minimum Gasteiger partial charge on any atom is -0.372 e. The second-order valence-electron chi connectivity index (χ2n) is 3.33. The lowest BCUT2D eigenvalue weighted by molar-refractivity contribution is 0.412. The van der Waals surface area contributed by atoms with Gasteiger partial charge in [-0.1, -0.05) is 29.5 Å². The molecule has 0 N–H and O–H groups in total. The van der Waals surface area contributed by atoms with E-state index in [1.807, 2.05) is 0 Å². The quantitative estimate of drug-likeness (QED) is 0.467. The fraction of sp³-hybridized carbons (Fsp3) is 0.333. The Morgan fingerprint density at radius 3 is 2.69 bits per heavy atom. The van der Waals surface area contributed by atoms with Gasteiger partial charge >= 0.3 is 0 Å². The molecule has 1 heteroatoms. The maximum absolute atomic E-state index is 5.06. The highest BCUT2D eigenvalue weighted by molar-refractivity contribution is 5.35. The number of rotatable bonds is 1. The van der Waals surface area contributed by atoms with E-state index in [4.69, 9.17) is 4.74 Å². The molecule has 0 saturated carbocycles. The summed E-state index contributed by atoms with van der Waals surface area (Å²) in [5, 5.41) is 0. The van der Waals surface area contributed by atoms with Crippen LogP contribution in [0.15, 0.2) is 24.3 Å². The molecule has 1 aliphatic rings. The van der Waals surface area contributed by atoms with Gasteiger partial charge in [0.2, 0.25) is 0 Å². The first-order valence-electron chi connectivity index (χ1n) is 4.52. The van der Waals surface area contributed by atoms with Gasteiger partial charge in [-0.3, -0.25) is 0 Å². The first-order valence-corrected chi connectivity index (χ1v) is 4.52. The average molecular weight is 172 g/mol. The van der Waals surface area contributed by atoms with E-state index >= 15 is 0 Å². The molecule has 0 amide bonds. The van der Waals surface area contributed by atoms with Crippen molar-refractivity contribution in [3.63, 3.8) is 0 Å². The van der Waals surface area contributed by atoms with Crippen LogP contribution in [-0.4, -0.2) is 12.7 Å². The average Bonchev–Trinajstić information content (AvgIpc) is 2.92.